The number of ether oxygens (including phenoxy) is 1. The van der Waals surface area contributed by atoms with Crippen LogP contribution in [0.15, 0.2) is 5.11 Å². The number of cyclic esters (lactones) is 1. The maximum absolute atomic E-state index is 10.3. The highest BCUT2D eigenvalue weighted by molar-refractivity contribution is 5.69. The largest absolute Gasteiger partial charge is 0.444 e. The summed E-state index contributed by atoms with van der Waals surface area (Å²) in [6.45, 7) is 0.632. The van der Waals surface area contributed by atoms with E-state index < -0.39 is 6.09 Å². The Hall–Kier alpha value is -1.42. The van der Waals surface area contributed by atoms with Gasteiger partial charge in [0.1, 0.15) is 6.10 Å². The first-order valence-electron chi connectivity index (χ1n) is 2.78. The molecule has 6 nitrogen and oxygen atoms in total. The van der Waals surface area contributed by atoms with E-state index in [2.05, 4.69) is 20.1 Å². The van der Waals surface area contributed by atoms with Crippen molar-refractivity contribution in [2.45, 2.75) is 6.10 Å². The second kappa shape index (κ2) is 2.93. The van der Waals surface area contributed by atoms with Gasteiger partial charge in [0.05, 0.1) is 13.1 Å². The molecule has 0 radical (unpaired) electrons. The predicted octanol–water partition coefficient (Wildman–Crippen LogP) is 0.405. The number of nitrogens with one attached hydrogen (secondary N) is 1. The van der Waals surface area contributed by atoms with Crippen molar-refractivity contribution in [3.05, 3.63) is 10.4 Å². The van der Waals surface area contributed by atoms with Gasteiger partial charge in [0.15, 0.2) is 0 Å². The van der Waals surface area contributed by atoms with E-state index in [0.29, 0.717) is 6.54 Å². The molecular weight excluding hydrogens is 136 g/mol. The minimum atomic E-state index is -0.446. The van der Waals surface area contributed by atoms with Crippen molar-refractivity contribution in [1.82, 2.24) is 5.32 Å². The first-order valence-corrected chi connectivity index (χ1v) is 2.78. The van der Waals surface area contributed by atoms with Gasteiger partial charge in [0, 0.05) is 4.91 Å². The van der Waals surface area contributed by atoms with E-state index >= 15 is 0 Å². The molecule has 0 aliphatic carbocycles. The number of hydrogen-bond acceptors (Lipinski definition) is 3. The summed E-state index contributed by atoms with van der Waals surface area (Å²) >= 11 is 0. The van der Waals surface area contributed by atoms with Gasteiger partial charge in [0.25, 0.3) is 0 Å². The molecule has 0 aromatic heterocycles. The van der Waals surface area contributed by atoms with Crippen LogP contribution >= 0.6 is 0 Å². The highest BCUT2D eigenvalue weighted by atomic mass is 16.6. The van der Waals surface area contributed by atoms with Crippen molar-refractivity contribution < 1.29 is 9.53 Å². The maximum atomic E-state index is 10.3. The lowest BCUT2D eigenvalue weighted by molar-refractivity contribution is 0.144. The van der Waals surface area contributed by atoms with Crippen molar-refractivity contribution in [1.29, 1.82) is 0 Å². The number of amides is 1. The van der Waals surface area contributed by atoms with E-state index in [1.165, 1.54) is 0 Å². The van der Waals surface area contributed by atoms with Gasteiger partial charge in [-0.15, -0.1) is 0 Å². The molecule has 1 amide bonds. The van der Waals surface area contributed by atoms with Crippen molar-refractivity contribution in [3.63, 3.8) is 0 Å². The Balaban J connectivity index is 2.31. The van der Waals surface area contributed by atoms with Crippen LogP contribution in [0.2, 0.25) is 0 Å². The van der Waals surface area contributed by atoms with E-state index in [9.17, 15) is 4.79 Å². The zero-order valence-electron chi connectivity index (χ0n) is 5.15. The molecular formula is C4H6N4O2. The van der Waals surface area contributed by atoms with Gasteiger partial charge in [-0.1, -0.05) is 5.11 Å². The molecule has 1 rings (SSSR count). The number of carbonyl (C=O) groups excluding carboxylic acids is 1. The van der Waals surface area contributed by atoms with Crippen LogP contribution in [0.25, 0.3) is 10.4 Å². The van der Waals surface area contributed by atoms with Crippen molar-refractivity contribution in [2.75, 3.05) is 13.1 Å². The third kappa shape index (κ3) is 1.53. The lowest BCUT2D eigenvalue weighted by Crippen LogP contribution is -2.16. The Morgan fingerprint density at radius 3 is 3.30 bits per heavy atom. The van der Waals surface area contributed by atoms with Crippen LogP contribution < -0.4 is 5.32 Å². The van der Waals surface area contributed by atoms with Crippen molar-refractivity contribution >= 4 is 6.09 Å². The van der Waals surface area contributed by atoms with Crippen molar-refractivity contribution in [3.8, 4) is 0 Å². The molecule has 1 aliphatic heterocycles. The zero-order valence-corrected chi connectivity index (χ0v) is 5.15. The summed E-state index contributed by atoms with van der Waals surface area (Å²) in [4.78, 5) is 12.9. The molecule has 10 heavy (non-hydrogen) atoms. The Labute approximate surface area is 56.8 Å². The summed E-state index contributed by atoms with van der Waals surface area (Å²) in [5.41, 5.74) is 7.89. The van der Waals surface area contributed by atoms with E-state index in [4.69, 9.17) is 5.53 Å². The average Bonchev–Trinajstić information content (AvgIpc) is 2.31. The van der Waals surface area contributed by atoms with Crippen LogP contribution in [0, 0.1) is 0 Å². The number of azide groups is 1. The topological polar surface area (TPSA) is 87.1 Å². The van der Waals surface area contributed by atoms with E-state index in [1.54, 1.807) is 0 Å². The fourth-order valence-electron chi connectivity index (χ4n) is 0.661. The average molecular weight is 142 g/mol. The molecule has 1 aliphatic rings. The van der Waals surface area contributed by atoms with Gasteiger partial charge >= 0.3 is 6.09 Å². The third-order valence-corrected chi connectivity index (χ3v) is 1.10. The molecule has 1 heterocycles. The van der Waals surface area contributed by atoms with Crippen LogP contribution in [0.3, 0.4) is 0 Å². The summed E-state index contributed by atoms with van der Waals surface area (Å²) in [6, 6.07) is 0. The van der Waals surface area contributed by atoms with Gasteiger partial charge in [0.2, 0.25) is 0 Å². The lowest BCUT2D eigenvalue weighted by Gasteiger charge is -1.99. The fourth-order valence-corrected chi connectivity index (χ4v) is 0.661. The normalized spacial score (nSPS) is 22.8. The smallest absolute Gasteiger partial charge is 0.407 e. The predicted molar refractivity (Wildman–Crippen MR) is 32.3 cm³/mol. The molecule has 0 aromatic rings. The monoisotopic (exact) mass is 142 g/mol. The van der Waals surface area contributed by atoms with Crippen LogP contribution in [0.4, 0.5) is 4.79 Å². The van der Waals surface area contributed by atoms with E-state index in [1.807, 2.05) is 0 Å². The molecule has 0 saturated carbocycles. The molecule has 54 valence electrons. The summed E-state index contributed by atoms with van der Waals surface area (Å²) < 4.78 is 4.65. The standard InChI is InChI=1S/C4H6N4O2/c5-8-7-2-3-1-6-4(9)10-3/h3H,1-2H2,(H,6,9)/t3-/m0/s1. The quantitative estimate of drug-likeness (QED) is 0.343. The fraction of sp³-hybridized carbons (Fsp3) is 0.750. The van der Waals surface area contributed by atoms with Gasteiger partial charge < -0.3 is 10.1 Å². The molecule has 0 aromatic carbocycles. The SMILES string of the molecule is [N-]=[N+]=NC[C@@H]1CNC(=O)O1. The molecule has 1 N–H and O–H groups in total. The molecule has 0 spiro atoms. The summed E-state index contributed by atoms with van der Waals surface area (Å²) in [5.74, 6) is 0. The molecule has 6 heteroatoms. The molecule has 0 unspecified atom stereocenters. The highest BCUT2D eigenvalue weighted by Crippen LogP contribution is 1.99. The minimum absolute atomic E-state index is 0.204. The number of hydrogen-bond donors (Lipinski definition) is 1. The first kappa shape index (κ1) is 6.70. The van der Waals surface area contributed by atoms with Gasteiger partial charge in [-0.2, -0.15) is 0 Å². The Kier molecular flexibility index (Phi) is 1.96. The number of nitrogens with zero attached hydrogens (tertiary/aromatic N) is 3. The van der Waals surface area contributed by atoms with E-state index in [-0.39, 0.29) is 12.6 Å². The lowest BCUT2D eigenvalue weighted by atomic mass is 10.4. The number of rotatable bonds is 2. The second-order valence-corrected chi connectivity index (χ2v) is 1.82. The molecule has 1 saturated heterocycles. The molecule has 1 fully saturated rings. The summed E-state index contributed by atoms with van der Waals surface area (Å²) in [6.07, 6.45) is -0.735. The molecule has 1 atom stereocenters. The van der Waals surface area contributed by atoms with Crippen molar-refractivity contribution in [2.24, 2.45) is 5.11 Å². The summed E-state index contributed by atoms with van der Waals surface area (Å²) in [5, 5.41) is 5.69. The Morgan fingerprint density at radius 2 is 2.80 bits per heavy atom. The Bertz CT molecular complexity index is 186. The third-order valence-electron chi connectivity index (χ3n) is 1.10. The first-order chi connectivity index (χ1) is 4.83. The maximum Gasteiger partial charge on any atom is 0.407 e. The zero-order chi connectivity index (χ0) is 7.40. The summed E-state index contributed by atoms with van der Waals surface area (Å²) in [7, 11) is 0. The van der Waals surface area contributed by atoms with Gasteiger partial charge in [-0.3, -0.25) is 0 Å². The minimum Gasteiger partial charge on any atom is -0.444 e. The number of alkyl carbamates (subject to hydrolysis) is 1. The van der Waals surface area contributed by atoms with Gasteiger partial charge in [-0.05, 0) is 5.53 Å². The Morgan fingerprint density at radius 1 is 2.00 bits per heavy atom. The van der Waals surface area contributed by atoms with Crippen LogP contribution in [-0.2, 0) is 4.74 Å². The van der Waals surface area contributed by atoms with Crippen LogP contribution in [0.1, 0.15) is 0 Å². The van der Waals surface area contributed by atoms with Crippen LogP contribution in [0.5, 0.6) is 0 Å². The van der Waals surface area contributed by atoms with E-state index in [0.717, 1.165) is 0 Å². The number of carbonyl (C=O) groups is 1. The second-order valence-electron chi connectivity index (χ2n) is 1.82. The van der Waals surface area contributed by atoms with Gasteiger partial charge in [-0.25, -0.2) is 4.79 Å². The molecule has 0 bridgehead atoms. The highest BCUT2D eigenvalue weighted by Gasteiger charge is 2.20. The van der Waals surface area contributed by atoms with Crippen LogP contribution in [-0.4, -0.2) is 25.3 Å².